The molecule has 124 valence electrons. The highest BCUT2D eigenvalue weighted by molar-refractivity contribution is 6.25. The van der Waals surface area contributed by atoms with Crippen LogP contribution in [0.15, 0.2) is 54.6 Å². The van der Waals surface area contributed by atoms with E-state index in [2.05, 4.69) is 69.3 Å². The maximum Gasteiger partial charge on any atom is 0.232 e. The normalized spacial score (nSPS) is 29.9. The first-order valence-electron chi connectivity index (χ1n) is 8.92. The summed E-state index contributed by atoms with van der Waals surface area (Å²) in [5, 5.41) is -0.522. The molecule has 2 aromatic carbocycles. The molecule has 2 unspecified atom stereocenters. The van der Waals surface area contributed by atoms with E-state index in [1.165, 1.54) is 29.7 Å². The van der Waals surface area contributed by atoms with Crippen LogP contribution in [0.3, 0.4) is 0 Å². The van der Waals surface area contributed by atoms with Gasteiger partial charge in [-0.05, 0) is 30.0 Å². The summed E-state index contributed by atoms with van der Waals surface area (Å²) in [5.74, 6) is 0. The van der Waals surface area contributed by atoms with Gasteiger partial charge in [-0.2, -0.15) is 0 Å². The number of benzene rings is 2. The molecule has 2 atom stereocenters. The van der Waals surface area contributed by atoms with Crippen LogP contribution in [0.1, 0.15) is 30.0 Å². The van der Waals surface area contributed by atoms with Crippen molar-refractivity contribution in [2.24, 2.45) is 0 Å². The summed E-state index contributed by atoms with van der Waals surface area (Å²) in [6.07, 6.45) is 2.42. The lowest BCUT2D eigenvalue weighted by atomic mass is 9.92. The second kappa shape index (κ2) is 5.48. The lowest BCUT2D eigenvalue weighted by molar-refractivity contribution is 0.0261. The van der Waals surface area contributed by atoms with Crippen molar-refractivity contribution < 1.29 is 0 Å². The summed E-state index contributed by atoms with van der Waals surface area (Å²) in [4.78, 5) is 7.40. The molecule has 3 heterocycles. The third kappa shape index (κ3) is 1.92. The van der Waals surface area contributed by atoms with Crippen molar-refractivity contribution in [3.05, 3.63) is 65.7 Å². The maximum absolute atomic E-state index is 7.39. The van der Waals surface area contributed by atoms with Crippen LogP contribution in [-0.2, 0) is 0 Å². The highest BCUT2D eigenvalue weighted by atomic mass is 35.5. The molecule has 0 bridgehead atoms. The largest absolute Gasteiger partial charge is 0.326 e. The van der Waals surface area contributed by atoms with Gasteiger partial charge in [-0.3, -0.25) is 4.90 Å². The van der Waals surface area contributed by atoms with E-state index in [0.717, 1.165) is 26.2 Å². The number of hydrogen-bond donors (Lipinski definition) is 0. The number of hydrogen-bond acceptors (Lipinski definition) is 3. The minimum atomic E-state index is -0.522. The molecule has 4 heteroatoms. The smallest absolute Gasteiger partial charge is 0.232 e. The van der Waals surface area contributed by atoms with Gasteiger partial charge >= 0.3 is 0 Å². The van der Waals surface area contributed by atoms with Gasteiger partial charge in [-0.25, -0.2) is 4.90 Å². The third-order valence-electron chi connectivity index (χ3n) is 5.73. The summed E-state index contributed by atoms with van der Waals surface area (Å²) in [6, 6.07) is 19.9. The number of para-hydroxylation sites is 1. The van der Waals surface area contributed by atoms with E-state index in [9.17, 15) is 0 Å². The van der Waals surface area contributed by atoms with Crippen LogP contribution in [0.2, 0.25) is 0 Å². The van der Waals surface area contributed by atoms with Gasteiger partial charge in [0.25, 0.3) is 0 Å². The number of alkyl halides is 1. The zero-order chi connectivity index (χ0) is 16.1. The number of fused-ring (bicyclic) bond motifs is 2. The van der Waals surface area contributed by atoms with E-state index >= 15 is 0 Å². The quantitative estimate of drug-likeness (QED) is 0.577. The monoisotopic (exact) mass is 339 g/mol. The van der Waals surface area contributed by atoms with Gasteiger partial charge in [0, 0.05) is 31.9 Å². The van der Waals surface area contributed by atoms with Crippen molar-refractivity contribution in [3.63, 3.8) is 0 Å². The van der Waals surface area contributed by atoms with Gasteiger partial charge < -0.3 is 4.90 Å². The second-order valence-electron chi connectivity index (χ2n) is 6.96. The SMILES string of the molecule is ClC12N3CCCCN1C(c1ccccc1)c1ccccc1N2CC3. The van der Waals surface area contributed by atoms with Crippen LogP contribution in [-0.4, -0.2) is 41.2 Å². The molecule has 2 saturated heterocycles. The molecule has 0 aromatic heterocycles. The highest BCUT2D eigenvalue weighted by Gasteiger charge is 2.56. The van der Waals surface area contributed by atoms with Crippen LogP contribution < -0.4 is 4.90 Å². The standard InChI is InChI=1S/C20H22ClN3/c21-20-22-12-6-7-13-24(20)19(16-8-2-1-3-9-16)17-10-4-5-11-18(17)23(20)15-14-22/h1-5,8-11,19H,6-7,12-15H2. The van der Waals surface area contributed by atoms with Crippen molar-refractivity contribution in [2.75, 3.05) is 31.1 Å². The minimum absolute atomic E-state index is 0.217. The molecule has 0 aliphatic carbocycles. The van der Waals surface area contributed by atoms with E-state index in [-0.39, 0.29) is 6.04 Å². The van der Waals surface area contributed by atoms with Crippen molar-refractivity contribution in [1.82, 2.24) is 9.80 Å². The number of anilines is 1. The number of halogens is 1. The van der Waals surface area contributed by atoms with Crippen molar-refractivity contribution in [1.29, 1.82) is 0 Å². The van der Waals surface area contributed by atoms with E-state index < -0.39 is 5.25 Å². The molecular weight excluding hydrogens is 318 g/mol. The highest BCUT2D eigenvalue weighted by Crippen LogP contribution is 2.52. The first kappa shape index (κ1) is 14.8. The van der Waals surface area contributed by atoms with Gasteiger partial charge in [-0.1, -0.05) is 60.1 Å². The average Bonchev–Trinajstić information content (AvgIpc) is 2.87. The Morgan fingerprint density at radius 3 is 2.46 bits per heavy atom. The van der Waals surface area contributed by atoms with Crippen molar-refractivity contribution >= 4 is 17.3 Å². The van der Waals surface area contributed by atoms with E-state index in [4.69, 9.17) is 11.6 Å². The molecule has 0 saturated carbocycles. The van der Waals surface area contributed by atoms with E-state index in [1.54, 1.807) is 0 Å². The summed E-state index contributed by atoms with van der Waals surface area (Å²) < 4.78 is 0. The fourth-order valence-corrected chi connectivity index (χ4v) is 5.21. The fourth-order valence-electron chi connectivity index (χ4n) is 4.69. The molecule has 2 fully saturated rings. The Bertz CT molecular complexity index is 750. The van der Waals surface area contributed by atoms with Crippen LogP contribution in [0.5, 0.6) is 0 Å². The Kier molecular flexibility index (Phi) is 3.37. The first-order chi connectivity index (χ1) is 11.8. The van der Waals surface area contributed by atoms with Crippen molar-refractivity contribution in [2.45, 2.75) is 24.1 Å². The predicted molar refractivity (Wildman–Crippen MR) is 98.2 cm³/mol. The Morgan fingerprint density at radius 1 is 0.833 bits per heavy atom. The van der Waals surface area contributed by atoms with Crippen LogP contribution >= 0.6 is 11.6 Å². The maximum atomic E-state index is 7.39. The molecular formula is C20H22ClN3. The Labute approximate surface area is 148 Å². The van der Waals surface area contributed by atoms with Crippen LogP contribution in [0.25, 0.3) is 0 Å². The Balaban J connectivity index is 1.75. The molecule has 3 nitrogen and oxygen atoms in total. The summed E-state index contributed by atoms with van der Waals surface area (Å²) in [5.41, 5.74) is 4.00. The molecule has 0 radical (unpaired) electrons. The minimum Gasteiger partial charge on any atom is -0.326 e. The summed E-state index contributed by atoms with van der Waals surface area (Å²) in [7, 11) is 0. The molecule has 0 amide bonds. The number of rotatable bonds is 1. The molecule has 5 rings (SSSR count). The third-order valence-corrected chi connectivity index (χ3v) is 6.39. The van der Waals surface area contributed by atoms with Crippen molar-refractivity contribution in [3.8, 4) is 0 Å². The lowest BCUT2D eigenvalue weighted by Crippen LogP contribution is -2.64. The molecule has 2 aromatic rings. The molecule has 3 aliphatic rings. The zero-order valence-electron chi connectivity index (χ0n) is 13.7. The van der Waals surface area contributed by atoms with Gasteiger partial charge in [0.1, 0.15) is 0 Å². The zero-order valence-corrected chi connectivity index (χ0v) is 14.5. The predicted octanol–water partition coefficient (Wildman–Crippen LogP) is 3.86. The van der Waals surface area contributed by atoms with Crippen LogP contribution in [0, 0.1) is 0 Å². The van der Waals surface area contributed by atoms with Crippen LogP contribution in [0.4, 0.5) is 5.69 Å². The number of nitrogens with zero attached hydrogens (tertiary/aromatic N) is 3. The van der Waals surface area contributed by atoms with E-state index in [1.807, 2.05) is 0 Å². The Hall–Kier alpha value is -1.55. The summed E-state index contributed by atoms with van der Waals surface area (Å²) >= 11 is 7.39. The topological polar surface area (TPSA) is 9.72 Å². The van der Waals surface area contributed by atoms with Gasteiger partial charge in [0.2, 0.25) is 5.25 Å². The fraction of sp³-hybridized carbons (Fsp3) is 0.400. The summed E-state index contributed by atoms with van der Waals surface area (Å²) in [6.45, 7) is 4.15. The molecule has 0 N–H and O–H groups in total. The molecule has 0 spiro atoms. The molecule has 3 aliphatic heterocycles. The average molecular weight is 340 g/mol. The van der Waals surface area contributed by atoms with Gasteiger partial charge in [0.05, 0.1) is 6.04 Å². The van der Waals surface area contributed by atoms with Gasteiger partial charge in [-0.15, -0.1) is 0 Å². The second-order valence-corrected chi connectivity index (χ2v) is 7.47. The van der Waals surface area contributed by atoms with E-state index in [0.29, 0.717) is 0 Å². The first-order valence-corrected chi connectivity index (χ1v) is 9.30. The Morgan fingerprint density at radius 2 is 1.58 bits per heavy atom. The van der Waals surface area contributed by atoms with Gasteiger partial charge in [0.15, 0.2) is 0 Å². The lowest BCUT2D eigenvalue weighted by Gasteiger charge is -2.53. The molecule has 24 heavy (non-hydrogen) atoms.